The molecule has 4 aliphatic carbocycles. The molecule has 1 aromatic rings. The van der Waals surface area contributed by atoms with Crippen LogP contribution in [0.25, 0.3) is 0 Å². The predicted molar refractivity (Wildman–Crippen MR) is 120 cm³/mol. The van der Waals surface area contributed by atoms with Crippen LogP contribution in [0.3, 0.4) is 0 Å². The minimum Gasteiger partial charge on any atom is -0.366 e. The number of carbonyl (C=O) groups excluding carboxylic acids is 1. The van der Waals surface area contributed by atoms with Gasteiger partial charge in [-0.2, -0.15) is 0 Å². The van der Waals surface area contributed by atoms with E-state index in [-0.39, 0.29) is 34.1 Å². The predicted octanol–water partition coefficient (Wildman–Crippen LogP) is 4.03. The van der Waals surface area contributed by atoms with Gasteiger partial charge in [0.2, 0.25) is 0 Å². The minimum absolute atomic E-state index is 0. The SMILES string of the molecule is Cc1nc([C]2[CH][CH][CH][CH]2)cc([C]2[CH][CH][CH][CH]2)c1C(N)=O.[CH]1[CH][CH][CH][CH]1.[CH]1[CH][CH][CH][CH]1.[Fe].[Fe]. The second kappa shape index (κ2) is 16.3. The minimum atomic E-state index is -0.444. The number of nitrogens with zero attached hydrogens (tertiary/aromatic N) is 1. The summed E-state index contributed by atoms with van der Waals surface area (Å²) in [6.45, 7) is 1.82. The van der Waals surface area contributed by atoms with Crippen molar-refractivity contribution in [2.24, 2.45) is 5.73 Å². The van der Waals surface area contributed by atoms with Crippen molar-refractivity contribution in [2.75, 3.05) is 0 Å². The molecule has 5 heteroatoms. The number of hydrogen-bond acceptors (Lipinski definition) is 2. The summed E-state index contributed by atoms with van der Waals surface area (Å²) in [5, 5.41) is 0. The van der Waals surface area contributed by atoms with Gasteiger partial charge in [-0.15, -0.1) is 0 Å². The van der Waals surface area contributed by atoms with E-state index < -0.39 is 5.91 Å². The van der Waals surface area contributed by atoms with E-state index in [1.54, 1.807) is 0 Å². The molecule has 4 fully saturated rings. The van der Waals surface area contributed by atoms with Crippen LogP contribution in [0, 0.1) is 134 Å². The largest absolute Gasteiger partial charge is 0.366 e. The van der Waals surface area contributed by atoms with Crippen molar-refractivity contribution >= 4 is 5.91 Å². The molecule has 2 N–H and O–H groups in total. The van der Waals surface area contributed by atoms with E-state index in [0.29, 0.717) is 11.3 Å². The van der Waals surface area contributed by atoms with E-state index in [1.807, 2.05) is 129 Å². The van der Waals surface area contributed by atoms with E-state index in [0.717, 1.165) is 23.1 Å². The zero-order valence-corrected chi connectivity index (χ0v) is 19.8. The number of amides is 1. The van der Waals surface area contributed by atoms with Crippen LogP contribution < -0.4 is 5.73 Å². The summed E-state index contributed by atoms with van der Waals surface area (Å²) in [7, 11) is 0. The van der Waals surface area contributed by atoms with Gasteiger partial charge in [0.15, 0.2) is 0 Å². The van der Waals surface area contributed by atoms with Crippen LogP contribution in [-0.4, -0.2) is 10.9 Å². The first-order valence-corrected chi connectivity index (χ1v) is 9.76. The van der Waals surface area contributed by atoms with E-state index in [4.69, 9.17) is 5.73 Å². The van der Waals surface area contributed by atoms with Crippen LogP contribution in [0.5, 0.6) is 0 Å². The molecule has 0 spiro atoms. The fraction of sp³-hybridized carbons (Fsp3) is 0.0370. The number of nitrogens with two attached hydrogens (primary N) is 1. The number of hydrogen-bond donors (Lipinski definition) is 1. The third-order valence-electron chi connectivity index (χ3n) is 4.49. The normalized spacial score (nSPS) is 20.4. The summed E-state index contributed by atoms with van der Waals surface area (Å²) in [6.07, 6.45) is 35.8. The van der Waals surface area contributed by atoms with Gasteiger partial charge in [-0.25, -0.2) is 0 Å². The number of rotatable bonds is 3. The van der Waals surface area contributed by atoms with E-state index in [9.17, 15) is 4.79 Å². The Morgan fingerprint density at radius 2 is 1.03 bits per heavy atom. The zero-order valence-electron chi connectivity index (χ0n) is 17.6. The molecule has 0 unspecified atom stereocenters. The van der Waals surface area contributed by atoms with Crippen molar-refractivity contribution < 1.29 is 38.9 Å². The molecule has 1 heterocycles. The molecular weight excluding hydrogens is 480 g/mol. The van der Waals surface area contributed by atoms with E-state index in [2.05, 4.69) is 4.98 Å². The van der Waals surface area contributed by atoms with Crippen LogP contribution in [-0.2, 0) is 34.1 Å². The molecule has 32 heavy (non-hydrogen) atoms. The molecule has 1 amide bonds. The zero-order chi connectivity index (χ0) is 21.2. The first-order valence-electron chi connectivity index (χ1n) is 9.76. The van der Waals surface area contributed by atoms with E-state index in [1.165, 1.54) is 0 Å². The summed E-state index contributed by atoms with van der Waals surface area (Å²) < 4.78 is 0. The molecule has 20 radical (unpaired) electrons. The van der Waals surface area contributed by atoms with Crippen molar-refractivity contribution in [3.63, 3.8) is 0 Å². The topological polar surface area (TPSA) is 56.0 Å². The quantitative estimate of drug-likeness (QED) is 0.633. The molecule has 0 bridgehead atoms. The van der Waals surface area contributed by atoms with Crippen LogP contribution in [0.2, 0.25) is 0 Å². The summed E-state index contributed by atoms with van der Waals surface area (Å²) in [5.74, 6) is 1.58. The maximum absolute atomic E-state index is 11.7. The van der Waals surface area contributed by atoms with Gasteiger partial charge in [-0.05, 0) is 134 Å². The molecule has 0 aliphatic heterocycles. The van der Waals surface area contributed by atoms with Gasteiger partial charge in [0, 0.05) is 51.7 Å². The average Bonchev–Trinajstić information content (AvgIpc) is 3.57. The Labute approximate surface area is 217 Å². The van der Waals surface area contributed by atoms with Gasteiger partial charge in [0.1, 0.15) is 0 Å². The van der Waals surface area contributed by atoms with Crippen LogP contribution >= 0.6 is 0 Å². The maximum atomic E-state index is 11.7. The molecule has 0 atom stereocenters. The van der Waals surface area contributed by atoms with Crippen LogP contribution in [0.1, 0.15) is 27.3 Å². The Morgan fingerprint density at radius 3 is 1.41 bits per heavy atom. The van der Waals surface area contributed by atoms with Gasteiger partial charge in [0.05, 0.1) is 11.3 Å². The first-order chi connectivity index (χ1) is 14.7. The summed E-state index contributed by atoms with van der Waals surface area (Å²) in [5.41, 5.74) is 8.36. The van der Waals surface area contributed by atoms with Gasteiger partial charge in [0.25, 0.3) is 5.91 Å². The monoisotopic (exact) mass is 504 g/mol. The molecule has 0 aromatic carbocycles. The Kier molecular flexibility index (Phi) is 15.1. The Bertz CT molecular complexity index is 635. The van der Waals surface area contributed by atoms with Gasteiger partial charge >= 0.3 is 0 Å². The van der Waals surface area contributed by atoms with Crippen LogP contribution in [0.4, 0.5) is 0 Å². The summed E-state index contributed by atoms with van der Waals surface area (Å²) in [6, 6.07) is 1.93. The van der Waals surface area contributed by atoms with Crippen molar-refractivity contribution in [3.05, 3.63) is 156 Å². The van der Waals surface area contributed by atoms with Gasteiger partial charge in [-0.1, -0.05) is 0 Å². The molecule has 5 rings (SSSR count). The molecule has 3 nitrogen and oxygen atoms in total. The van der Waals surface area contributed by atoms with Crippen molar-refractivity contribution in [1.82, 2.24) is 4.98 Å². The summed E-state index contributed by atoms with van der Waals surface area (Å²) in [4.78, 5) is 16.2. The number of carbonyl (C=O) groups is 1. The number of aromatic nitrogens is 1. The number of primary amides is 1. The third-order valence-corrected chi connectivity index (χ3v) is 4.49. The smallest absolute Gasteiger partial charge is 0.250 e. The van der Waals surface area contributed by atoms with Gasteiger partial charge < -0.3 is 5.73 Å². The Hall–Kier alpha value is -0.341. The Balaban J connectivity index is 0.000000353. The van der Waals surface area contributed by atoms with Gasteiger partial charge in [-0.3, -0.25) is 9.78 Å². The summed E-state index contributed by atoms with van der Waals surface area (Å²) >= 11 is 0. The second-order valence-electron chi connectivity index (χ2n) is 6.65. The fourth-order valence-electron chi connectivity index (χ4n) is 3.10. The average molecular weight is 504 g/mol. The third kappa shape index (κ3) is 9.13. The fourth-order valence-corrected chi connectivity index (χ4v) is 3.10. The van der Waals surface area contributed by atoms with Crippen molar-refractivity contribution in [2.45, 2.75) is 6.92 Å². The molecule has 0 saturated heterocycles. The molecule has 1 aromatic heterocycles. The first kappa shape index (κ1) is 29.7. The standard InChI is InChI=1S/C17H14N2O.2C5H5.2Fe/c1-11-16(17(18)20)14(12-6-2-3-7-12)10-15(19-11)13-8-4-5-9-13;2*1-2-4-5-3-1;;/h2-10H,1H3,(H2,18,20);2*1-5H;;. The maximum Gasteiger partial charge on any atom is 0.250 e. The molecule has 4 aliphatic rings. The number of pyridine rings is 1. The Morgan fingerprint density at radius 1 is 0.656 bits per heavy atom. The van der Waals surface area contributed by atoms with E-state index >= 15 is 0 Å². The second-order valence-corrected chi connectivity index (χ2v) is 6.65. The molecule has 164 valence electrons. The van der Waals surface area contributed by atoms with Crippen LogP contribution in [0.15, 0.2) is 6.07 Å². The van der Waals surface area contributed by atoms with Crippen molar-refractivity contribution in [3.8, 4) is 0 Å². The van der Waals surface area contributed by atoms with Crippen molar-refractivity contribution in [1.29, 1.82) is 0 Å². The molecule has 4 saturated carbocycles. The molecular formula is C27H24Fe2N2O. The number of aryl methyl sites for hydroxylation is 1.